The van der Waals surface area contributed by atoms with E-state index < -0.39 is 11.9 Å². The molecule has 1 heterocycles. The maximum absolute atomic E-state index is 12.9. The summed E-state index contributed by atoms with van der Waals surface area (Å²) < 4.78 is 17.9. The number of ether oxygens (including phenoxy) is 1. The van der Waals surface area contributed by atoms with Crippen LogP contribution in [0.1, 0.15) is 17.5 Å². The highest BCUT2D eigenvalue weighted by atomic mass is 19.1. The molecule has 1 aromatic heterocycles. The minimum Gasteiger partial charge on any atom is -0.445 e. The van der Waals surface area contributed by atoms with Crippen LogP contribution in [0.25, 0.3) is 0 Å². The number of amides is 1. The molecule has 0 saturated carbocycles. The normalized spacial score (nSPS) is 9.50. The highest BCUT2D eigenvalue weighted by Gasteiger charge is 2.00. The Balaban J connectivity index is 1.65. The standard InChI is InChI=1S/C17H15FN2O2/c18-16-10-15(11-19-12-16)8-4-5-9-20-17(21)22-13-14-6-2-1-3-7-14/h1-3,6-7,10-12H,5,9,13H2,(H,20,21). The van der Waals surface area contributed by atoms with Crippen molar-refractivity contribution in [2.75, 3.05) is 6.54 Å². The van der Waals surface area contributed by atoms with Crippen LogP contribution in [0.3, 0.4) is 0 Å². The van der Waals surface area contributed by atoms with Gasteiger partial charge in [-0.3, -0.25) is 4.98 Å². The Kier molecular flexibility index (Phi) is 5.94. The third kappa shape index (κ3) is 5.63. The molecule has 0 aliphatic carbocycles. The molecule has 0 fully saturated rings. The van der Waals surface area contributed by atoms with Gasteiger partial charge >= 0.3 is 6.09 Å². The average Bonchev–Trinajstić information content (AvgIpc) is 2.54. The molecule has 1 N–H and O–H groups in total. The van der Waals surface area contributed by atoms with Gasteiger partial charge in [-0.15, -0.1) is 0 Å². The summed E-state index contributed by atoms with van der Waals surface area (Å²) in [6, 6.07) is 10.7. The van der Waals surface area contributed by atoms with Crippen LogP contribution in [-0.4, -0.2) is 17.6 Å². The van der Waals surface area contributed by atoms with Crippen LogP contribution >= 0.6 is 0 Å². The van der Waals surface area contributed by atoms with Crippen molar-refractivity contribution in [1.82, 2.24) is 10.3 Å². The summed E-state index contributed by atoms with van der Waals surface area (Å²) in [5, 5.41) is 2.60. The van der Waals surface area contributed by atoms with Crippen molar-refractivity contribution in [3.8, 4) is 11.8 Å². The molecule has 0 unspecified atom stereocenters. The number of carbonyl (C=O) groups is 1. The summed E-state index contributed by atoms with van der Waals surface area (Å²) >= 11 is 0. The number of aromatic nitrogens is 1. The molecule has 0 atom stereocenters. The summed E-state index contributed by atoms with van der Waals surface area (Å²) in [7, 11) is 0. The predicted molar refractivity (Wildman–Crippen MR) is 80.3 cm³/mol. The molecule has 1 aromatic carbocycles. The van der Waals surface area contributed by atoms with E-state index in [9.17, 15) is 9.18 Å². The van der Waals surface area contributed by atoms with Crippen molar-refractivity contribution in [2.45, 2.75) is 13.0 Å². The number of alkyl carbamates (subject to hydrolysis) is 1. The van der Waals surface area contributed by atoms with Crippen molar-refractivity contribution in [1.29, 1.82) is 0 Å². The SMILES string of the molecule is O=C(NCCC#Cc1cncc(F)c1)OCc1ccccc1. The Hall–Kier alpha value is -2.87. The number of rotatable bonds is 4. The number of nitrogens with one attached hydrogen (secondary N) is 1. The Bertz CT molecular complexity index is 678. The zero-order chi connectivity index (χ0) is 15.6. The van der Waals surface area contributed by atoms with E-state index in [-0.39, 0.29) is 6.61 Å². The first-order chi connectivity index (χ1) is 10.7. The van der Waals surface area contributed by atoms with Gasteiger partial charge in [0.15, 0.2) is 0 Å². The Morgan fingerprint density at radius 3 is 2.86 bits per heavy atom. The lowest BCUT2D eigenvalue weighted by molar-refractivity contribution is 0.140. The molecule has 0 spiro atoms. The van der Waals surface area contributed by atoms with Gasteiger partial charge in [-0.05, 0) is 11.6 Å². The van der Waals surface area contributed by atoms with Crippen molar-refractivity contribution < 1.29 is 13.9 Å². The number of carbonyl (C=O) groups excluding carboxylic acids is 1. The maximum Gasteiger partial charge on any atom is 0.407 e. The quantitative estimate of drug-likeness (QED) is 0.697. The van der Waals surface area contributed by atoms with Crippen molar-refractivity contribution in [3.05, 3.63) is 65.7 Å². The summed E-state index contributed by atoms with van der Waals surface area (Å²) in [6.07, 6.45) is 2.56. The van der Waals surface area contributed by atoms with Gasteiger partial charge < -0.3 is 10.1 Å². The Morgan fingerprint density at radius 2 is 2.09 bits per heavy atom. The Labute approximate surface area is 128 Å². The molecule has 0 bridgehead atoms. The number of nitrogens with zero attached hydrogens (tertiary/aromatic N) is 1. The fraction of sp³-hybridized carbons (Fsp3) is 0.176. The van der Waals surface area contributed by atoms with Crippen LogP contribution in [0.2, 0.25) is 0 Å². The molecule has 0 aliphatic rings. The largest absolute Gasteiger partial charge is 0.445 e. The molecular formula is C17H15FN2O2. The van der Waals surface area contributed by atoms with E-state index in [1.807, 2.05) is 30.3 Å². The van der Waals surface area contributed by atoms with Crippen LogP contribution in [0.4, 0.5) is 9.18 Å². The molecule has 2 aromatic rings. The molecule has 0 aliphatic heterocycles. The predicted octanol–water partition coefficient (Wildman–Crippen LogP) is 2.89. The second-order valence-corrected chi connectivity index (χ2v) is 4.43. The number of pyridine rings is 1. The molecular weight excluding hydrogens is 283 g/mol. The topological polar surface area (TPSA) is 51.2 Å². The number of halogens is 1. The summed E-state index contributed by atoms with van der Waals surface area (Å²) in [5.74, 6) is 5.18. The van der Waals surface area contributed by atoms with E-state index in [4.69, 9.17) is 4.74 Å². The van der Waals surface area contributed by atoms with Crippen LogP contribution in [0.5, 0.6) is 0 Å². The molecule has 5 heteroatoms. The fourth-order valence-corrected chi connectivity index (χ4v) is 1.65. The lowest BCUT2D eigenvalue weighted by Crippen LogP contribution is -2.24. The van der Waals surface area contributed by atoms with E-state index in [0.717, 1.165) is 11.8 Å². The zero-order valence-corrected chi connectivity index (χ0v) is 11.9. The van der Waals surface area contributed by atoms with E-state index >= 15 is 0 Å². The average molecular weight is 298 g/mol. The first-order valence-corrected chi connectivity index (χ1v) is 6.78. The molecule has 0 saturated heterocycles. The second-order valence-electron chi connectivity index (χ2n) is 4.43. The third-order valence-corrected chi connectivity index (χ3v) is 2.67. The summed E-state index contributed by atoms with van der Waals surface area (Å²) in [4.78, 5) is 15.2. The molecule has 112 valence electrons. The van der Waals surface area contributed by atoms with Crippen molar-refractivity contribution >= 4 is 6.09 Å². The van der Waals surface area contributed by atoms with Crippen molar-refractivity contribution in [3.63, 3.8) is 0 Å². The lowest BCUT2D eigenvalue weighted by Gasteiger charge is -2.05. The van der Waals surface area contributed by atoms with Crippen LogP contribution in [-0.2, 0) is 11.3 Å². The third-order valence-electron chi connectivity index (χ3n) is 2.67. The van der Waals surface area contributed by atoms with Gasteiger partial charge in [0.2, 0.25) is 0 Å². The van der Waals surface area contributed by atoms with Crippen LogP contribution in [0, 0.1) is 17.7 Å². The second kappa shape index (κ2) is 8.42. The maximum atomic E-state index is 12.9. The van der Waals surface area contributed by atoms with Crippen molar-refractivity contribution in [2.24, 2.45) is 0 Å². The Morgan fingerprint density at radius 1 is 1.27 bits per heavy atom. The summed E-state index contributed by atoms with van der Waals surface area (Å²) in [5.41, 5.74) is 1.43. The van der Waals surface area contributed by atoms with Gasteiger partial charge in [0.25, 0.3) is 0 Å². The molecule has 22 heavy (non-hydrogen) atoms. The number of benzene rings is 1. The first-order valence-electron chi connectivity index (χ1n) is 6.78. The van der Waals surface area contributed by atoms with Gasteiger partial charge in [-0.25, -0.2) is 9.18 Å². The highest BCUT2D eigenvalue weighted by Crippen LogP contribution is 2.00. The van der Waals surface area contributed by atoms with Crippen LogP contribution < -0.4 is 5.32 Å². The van der Waals surface area contributed by atoms with E-state index in [2.05, 4.69) is 22.1 Å². The highest BCUT2D eigenvalue weighted by molar-refractivity contribution is 5.67. The van der Waals surface area contributed by atoms with Crippen LogP contribution in [0.15, 0.2) is 48.8 Å². The van der Waals surface area contributed by atoms with Gasteiger partial charge in [0.05, 0.1) is 6.20 Å². The first kappa shape index (κ1) is 15.5. The summed E-state index contributed by atoms with van der Waals surface area (Å²) in [6.45, 7) is 0.594. The van der Waals surface area contributed by atoms with Gasteiger partial charge in [-0.2, -0.15) is 0 Å². The molecule has 4 nitrogen and oxygen atoms in total. The monoisotopic (exact) mass is 298 g/mol. The van der Waals surface area contributed by atoms with Gasteiger partial charge in [0.1, 0.15) is 12.4 Å². The molecule has 1 amide bonds. The number of hydrogen-bond donors (Lipinski definition) is 1. The van der Waals surface area contributed by atoms with E-state index in [0.29, 0.717) is 18.5 Å². The van der Waals surface area contributed by atoms with Gasteiger partial charge in [-0.1, -0.05) is 42.2 Å². The van der Waals surface area contributed by atoms with E-state index in [1.165, 1.54) is 12.3 Å². The minimum atomic E-state index is -0.488. The molecule has 0 radical (unpaired) electrons. The fourth-order valence-electron chi connectivity index (χ4n) is 1.65. The van der Waals surface area contributed by atoms with E-state index in [1.54, 1.807) is 0 Å². The minimum absolute atomic E-state index is 0.229. The van der Waals surface area contributed by atoms with Gasteiger partial charge in [0, 0.05) is 24.7 Å². The lowest BCUT2D eigenvalue weighted by atomic mass is 10.2. The molecule has 2 rings (SSSR count). The number of hydrogen-bond acceptors (Lipinski definition) is 3. The smallest absolute Gasteiger partial charge is 0.407 e. The zero-order valence-electron chi connectivity index (χ0n) is 11.9.